The minimum absolute atomic E-state index is 0. The zero-order valence-electron chi connectivity index (χ0n) is 15.9. The standard InChI is InChI=1S/C18H28N6O.HI/c1-14(2)9-10-25-16-8-6-5-7-15(16)11-20-18(19-3)21-12-17-22-13-23-24(17)4;/h5-8,13-14H,9-12H2,1-4H3,(H2,19,20,21);1H. The van der Waals surface area contributed by atoms with Crippen molar-refractivity contribution in [2.45, 2.75) is 33.4 Å². The lowest BCUT2D eigenvalue weighted by Gasteiger charge is -2.15. The van der Waals surface area contributed by atoms with Gasteiger partial charge in [0.15, 0.2) is 5.96 Å². The average molecular weight is 472 g/mol. The first kappa shape index (κ1) is 22.2. The van der Waals surface area contributed by atoms with Gasteiger partial charge in [-0.2, -0.15) is 5.10 Å². The molecular weight excluding hydrogens is 443 g/mol. The quantitative estimate of drug-likeness (QED) is 0.351. The number of nitrogens with zero attached hydrogens (tertiary/aromatic N) is 4. The minimum atomic E-state index is 0. The Morgan fingerprint density at radius 1 is 1.23 bits per heavy atom. The number of para-hydroxylation sites is 1. The summed E-state index contributed by atoms with van der Waals surface area (Å²) in [7, 11) is 3.61. The third kappa shape index (κ3) is 7.19. The number of hydrogen-bond acceptors (Lipinski definition) is 4. The third-order valence-corrected chi connectivity index (χ3v) is 3.81. The van der Waals surface area contributed by atoms with Gasteiger partial charge in [-0.1, -0.05) is 32.0 Å². The van der Waals surface area contributed by atoms with Crippen LogP contribution in [0.2, 0.25) is 0 Å². The Balaban J connectivity index is 0.00000338. The molecular formula is C18H29IN6O. The predicted molar refractivity (Wildman–Crippen MR) is 115 cm³/mol. The summed E-state index contributed by atoms with van der Waals surface area (Å²) < 4.78 is 7.66. The van der Waals surface area contributed by atoms with Crippen molar-refractivity contribution in [2.75, 3.05) is 13.7 Å². The first-order chi connectivity index (χ1) is 12.1. The Morgan fingerprint density at radius 3 is 2.62 bits per heavy atom. The van der Waals surface area contributed by atoms with Crippen molar-refractivity contribution in [3.63, 3.8) is 0 Å². The first-order valence-electron chi connectivity index (χ1n) is 8.58. The number of guanidine groups is 1. The lowest BCUT2D eigenvalue weighted by Crippen LogP contribution is -2.37. The van der Waals surface area contributed by atoms with E-state index in [1.807, 2.05) is 25.2 Å². The van der Waals surface area contributed by atoms with Gasteiger partial charge in [0.25, 0.3) is 0 Å². The zero-order chi connectivity index (χ0) is 18.1. The summed E-state index contributed by atoms with van der Waals surface area (Å²) in [5.74, 6) is 3.11. The molecule has 0 aliphatic heterocycles. The number of nitrogens with one attached hydrogen (secondary N) is 2. The highest BCUT2D eigenvalue weighted by atomic mass is 127. The fraction of sp³-hybridized carbons (Fsp3) is 0.500. The van der Waals surface area contributed by atoms with Crippen LogP contribution in [0.15, 0.2) is 35.6 Å². The highest BCUT2D eigenvalue weighted by Crippen LogP contribution is 2.18. The van der Waals surface area contributed by atoms with Gasteiger partial charge in [-0.25, -0.2) is 4.98 Å². The average Bonchev–Trinajstić information content (AvgIpc) is 3.01. The van der Waals surface area contributed by atoms with Crippen molar-refractivity contribution in [3.05, 3.63) is 42.0 Å². The Hall–Kier alpha value is -1.84. The van der Waals surface area contributed by atoms with Gasteiger partial charge < -0.3 is 15.4 Å². The summed E-state index contributed by atoms with van der Waals surface area (Å²) >= 11 is 0. The molecule has 2 aromatic rings. The summed E-state index contributed by atoms with van der Waals surface area (Å²) in [5.41, 5.74) is 1.10. The zero-order valence-corrected chi connectivity index (χ0v) is 18.2. The van der Waals surface area contributed by atoms with Crippen LogP contribution in [0.25, 0.3) is 0 Å². The molecule has 1 aromatic heterocycles. The van der Waals surface area contributed by atoms with Crippen molar-refractivity contribution < 1.29 is 4.74 Å². The topological polar surface area (TPSA) is 76.4 Å². The second-order valence-corrected chi connectivity index (χ2v) is 6.22. The van der Waals surface area contributed by atoms with Gasteiger partial charge in [-0.15, -0.1) is 24.0 Å². The Morgan fingerprint density at radius 2 is 1.96 bits per heavy atom. The van der Waals surface area contributed by atoms with E-state index in [0.29, 0.717) is 25.0 Å². The molecule has 2 N–H and O–H groups in total. The molecule has 0 radical (unpaired) electrons. The molecule has 1 aromatic carbocycles. The van der Waals surface area contributed by atoms with Gasteiger partial charge in [-0.3, -0.25) is 9.67 Å². The number of aromatic nitrogens is 3. The third-order valence-electron chi connectivity index (χ3n) is 3.81. The number of hydrogen-bond donors (Lipinski definition) is 2. The largest absolute Gasteiger partial charge is 0.493 e. The molecule has 0 unspecified atom stereocenters. The van der Waals surface area contributed by atoms with Crippen LogP contribution in [-0.4, -0.2) is 34.4 Å². The Labute approximate surface area is 172 Å². The van der Waals surface area contributed by atoms with Crippen molar-refractivity contribution in [2.24, 2.45) is 18.0 Å². The van der Waals surface area contributed by atoms with E-state index in [0.717, 1.165) is 30.2 Å². The highest BCUT2D eigenvalue weighted by molar-refractivity contribution is 14.0. The van der Waals surface area contributed by atoms with Gasteiger partial charge in [0.05, 0.1) is 13.2 Å². The van der Waals surface area contributed by atoms with Crippen LogP contribution in [0.3, 0.4) is 0 Å². The number of ether oxygens (including phenoxy) is 1. The molecule has 7 nitrogen and oxygen atoms in total. The molecule has 0 saturated carbocycles. The second-order valence-electron chi connectivity index (χ2n) is 6.22. The lowest BCUT2D eigenvalue weighted by atomic mass is 10.1. The Kier molecular flexibility index (Phi) is 10.0. The number of halogens is 1. The molecule has 26 heavy (non-hydrogen) atoms. The monoisotopic (exact) mass is 472 g/mol. The summed E-state index contributed by atoms with van der Waals surface area (Å²) in [4.78, 5) is 8.43. The second kappa shape index (κ2) is 11.7. The lowest BCUT2D eigenvalue weighted by molar-refractivity contribution is 0.286. The summed E-state index contributed by atoms with van der Waals surface area (Å²) in [6, 6.07) is 8.08. The molecule has 144 valence electrons. The van der Waals surface area contributed by atoms with Gasteiger partial charge in [0.2, 0.25) is 0 Å². The van der Waals surface area contributed by atoms with Gasteiger partial charge >= 0.3 is 0 Å². The van der Waals surface area contributed by atoms with Crippen LogP contribution in [0.1, 0.15) is 31.7 Å². The molecule has 0 aliphatic carbocycles. The Bertz CT molecular complexity index is 686. The van der Waals surface area contributed by atoms with Gasteiger partial charge in [0.1, 0.15) is 17.9 Å². The van der Waals surface area contributed by atoms with Gasteiger partial charge in [0, 0.05) is 26.2 Å². The number of benzene rings is 1. The van der Waals surface area contributed by atoms with E-state index in [2.05, 4.69) is 45.6 Å². The van der Waals surface area contributed by atoms with Crippen LogP contribution >= 0.6 is 24.0 Å². The van der Waals surface area contributed by atoms with E-state index in [1.165, 1.54) is 6.33 Å². The van der Waals surface area contributed by atoms with Crippen LogP contribution in [0.4, 0.5) is 0 Å². The van der Waals surface area contributed by atoms with Gasteiger partial charge in [-0.05, 0) is 18.4 Å². The van der Waals surface area contributed by atoms with E-state index < -0.39 is 0 Å². The van der Waals surface area contributed by atoms with E-state index in [4.69, 9.17) is 4.74 Å². The molecule has 0 atom stereocenters. The minimum Gasteiger partial charge on any atom is -0.493 e. The fourth-order valence-corrected chi connectivity index (χ4v) is 2.24. The molecule has 8 heteroatoms. The first-order valence-corrected chi connectivity index (χ1v) is 8.58. The summed E-state index contributed by atoms with van der Waals surface area (Å²) in [5, 5.41) is 10.6. The molecule has 0 aliphatic rings. The maximum Gasteiger partial charge on any atom is 0.191 e. The van der Waals surface area contributed by atoms with Crippen molar-refractivity contribution in [1.82, 2.24) is 25.4 Å². The number of rotatable bonds is 8. The normalized spacial score (nSPS) is 11.2. The maximum atomic E-state index is 5.93. The number of aliphatic imine (C=N–C) groups is 1. The number of aryl methyl sites for hydroxylation is 1. The van der Waals surface area contributed by atoms with Crippen molar-refractivity contribution in [1.29, 1.82) is 0 Å². The fourth-order valence-electron chi connectivity index (χ4n) is 2.24. The summed E-state index contributed by atoms with van der Waals surface area (Å²) in [6.45, 7) is 6.32. The molecule has 0 saturated heterocycles. The smallest absolute Gasteiger partial charge is 0.191 e. The van der Waals surface area contributed by atoms with Crippen LogP contribution in [0.5, 0.6) is 5.75 Å². The molecule has 0 spiro atoms. The molecule has 1 heterocycles. The highest BCUT2D eigenvalue weighted by Gasteiger charge is 2.06. The maximum absolute atomic E-state index is 5.93. The molecule has 0 amide bonds. The van der Waals surface area contributed by atoms with E-state index >= 15 is 0 Å². The van der Waals surface area contributed by atoms with E-state index in [1.54, 1.807) is 11.7 Å². The summed E-state index contributed by atoms with van der Waals surface area (Å²) in [6.07, 6.45) is 2.58. The van der Waals surface area contributed by atoms with E-state index in [9.17, 15) is 0 Å². The van der Waals surface area contributed by atoms with Crippen LogP contribution in [-0.2, 0) is 20.1 Å². The van der Waals surface area contributed by atoms with Crippen molar-refractivity contribution in [3.8, 4) is 5.75 Å². The molecule has 0 bridgehead atoms. The van der Waals surface area contributed by atoms with E-state index in [-0.39, 0.29) is 24.0 Å². The predicted octanol–water partition coefficient (Wildman–Crippen LogP) is 2.72. The molecule has 2 rings (SSSR count). The van der Waals surface area contributed by atoms with Crippen LogP contribution in [0, 0.1) is 5.92 Å². The van der Waals surface area contributed by atoms with Crippen molar-refractivity contribution >= 4 is 29.9 Å². The molecule has 0 fully saturated rings. The van der Waals surface area contributed by atoms with Crippen LogP contribution < -0.4 is 15.4 Å². The SMILES string of the molecule is CN=C(NCc1ccccc1OCCC(C)C)NCc1ncnn1C.I.